The Bertz CT molecular complexity index is 1270. The fourth-order valence-corrected chi connectivity index (χ4v) is 7.15. The second-order valence-electron chi connectivity index (χ2n) is 7.29. The Hall–Kier alpha value is -3.06. The number of fused-ring (bicyclic) bond motifs is 1. The number of nitrogen functional groups attached to an aromatic ring is 1. The Morgan fingerprint density at radius 2 is 2.22 bits per heavy atom. The number of aromatic nitrogens is 3. The molecule has 1 fully saturated rings. The highest BCUT2D eigenvalue weighted by molar-refractivity contribution is 8.06. The van der Waals surface area contributed by atoms with Crippen molar-refractivity contribution in [2.24, 2.45) is 10.9 Å². The van der Waals surface area contributed by atoms with Crippen molar-refractivity contribution in [2.75, 3.05) is 23.8 Å². The molecule has 0 unspecified atom stereocenters. The molecule has 0 aliphatic carbocycles. The minimum Gasteiger partial charge on any atom is -0.449 e. The molecule has 7 N–H and O–H groups in total. The van der Waals surface area contributed by atoms with E-state index in [-0.39, 0.29) is 16.8 Å². The molecule has 196 valence electrons. The molecule has 4 heterocycles. The van der Waals surface area contributed by atoms with Gasteiger partial charge in [-0.3, -0.25) is 19.5 Å². The Balaban J connectivity index is 1.53. The van der Waals surface area contributed by atoms with Gasteiger partial charge in [0.15, 0.2) is 5.13 Å². The van der Waals surface area contributed by atoms with Gasteiger partial charge in [0.2, 0.25) is 17.4 Å². The minimum atomic E-state index is -1.58. The molecule has 18 heteroatoms. The summed E-state index contributed by atoms with van der Waals surface area (Å²) in [5, 5.41) is 23.4. The number of ether oxygens (including phenoxy) is 1. The number of hydrogen-bond acceptors (Lipinski definition) is 15. The largest absolute Gasteiger partial charge is 0.512 e. The van der Waals surface area contributed by atoms with Crippen LogP contribution in [0.2, 0.25) is 0 Å². The van der Waals surface area contributed by atoms with Gasteiger partial charge in [0.25, 0.3) is 11.8 Å². The van der Waals surface area contributed by atoms with Crippen molar-refractivity contribution in [3.63, 3.8) is 0 Å². The van der Waals surface area contributed by atoms with Crippen molar-refractivity contribution in [1.29, 1.82) is 0 Å². The Labute approximate surface area is 226 Å². The van der Waals surface area contributed by atoms with Crippen LogP contribution < -0.4 is 16.8 Å². The first kappa shape index (κ1) is 27.0. The summed E-state index contributed by atoms with van der Waals surface area (Å²) in [6, 6.07) is 0.847. The molecule has 2 aromatic rings. The highest BCUT2D eigenvalue weighted by atomic mass is 32.2. The Kier molecular flexibility index (Phi) is 8.75. The van der Waals surface area contributed by atoms with Crippen molar-refractivity contribution >= 4 is 75.6 Å². The van der Waals surface area contributed by atoms with Gasteiger partial charge in [-0.15, -0.1) is 11.8 Å². The number of oxime groups is 1. The number of amides is 2. The number of β-lactam (4-membered cyclic amide) rings is 1. The molecule has 2 aromatic heterocycles. The molecule has 0 bridgehead atoms. The lowest BCUT2D eigenvalue weighted by atomic mass is 10.1. The summed E-state index contributed by atoms with van der Waals surface area (Å²) in [6.45, 7) is 0.548. The first-order valence-corrected chi connectivity index (χ1v) is 14.2. The van der Waals surface area contributed by atoms with Crippen LogP contribution >= 0.6 is 46.8 Å². The van der Waals surface area contributed by atoms with Gasteiger partial charge < -0.3 is 31.8 Å². The topological polar surface area (TPSA) is 219 Å². The zero-order valence-corrected chi connectivity index (χ0v) is 22.0. The summed E-state index contributed by atoms with van der Waals surface area (Å²) >= 11 is 5.05. The number of carboxylic acid groups (broad SMARTS) is 1. The maximum Gasteiger partial charge on any atom is 0.512 e. The summed E-state index contributed by atoms with van der Waals surface area (Å²) < 4.78 is 8.86. The van der Waals surface area contributed by atoms with Crippen LogP contribution in [0, 0.1) is 0 Å². The third-order valence-electron chi connectivity index (χ3n) is 4.95. The first-order chi connectivity index (χ1) is 17.8. The van der Waals surface area contributed by atoms with Crippen molar-refractivity contribution in [3.8, 4) is 0 Å². The van der Waals surface area contributed by atoms with Crippen LogP contribution in [-0.4, -0.2) is 82.7 Å². The van der Waals surface area contributed by atoms with Crippen LogP contribution in [0.4, 0.5) is 9.93 Å². The second kappa shape index (κ2) is 12.0. The van der Waals surface area contributed by atoms with Crippen LogP contribution in [0.15, 0.2) is 39.3 Å². The molecule has 14 nitrogen and oxygen atoms in total. The van der Waals surface area contributed by atoms with Crippen molar-refractivity contribution in [3.05, 3.63) is 40.6 Å². The minimum absolute atomic E-state index is 0.0676. The highest BCUT2D eigenvalue weighted by Gasteiger charge is 2.54. The van der Waals surface area contributed by atoms with E-state index >= 15 is 0 Å². The Morgan fingerprint density at radius 1 is 1.41 bits per heavy atom. The predicted molar refractivity (Wildman–Crippen MR) is 139 cm³/mol. The van der Waals surface area contributed by atoms with Gasteiger partial charge in [-0.05, 0) is 11.6 Å². The summed E-state index contributed by atoms with van der Waals surface area (Å²) in [7, 11) is 0. The van der Waals surface area contributed by atoms with E-state index in [1.165, 1.54) is 28.4 Å². The number of thioether (sulfide) groups is 3. The van der Waals surface area contributed by atoms with E-state index in [4.69, 9.17) is 16.2 Å². The van der Waals surface area contributed by atoms with E-state index in [0.29, 0.717) is 23.0 Å². The lowest BCUT2D eigenvalue weighted by Gasteiger charge is -2.48. The molecule has 2 aliphatic rings. The molecule has 37 heavy (non-hydrogen) atoms. The number of carbonyl (C=O) groups excluding carboxylic acids is 2. The molecule has 0 spiro atoms. The fraction of sp³-hybridized carbons (Fsp3) is 0.316. The lowest BCUT2D eigenvalue weighted by Crippen LogP contribution is -2.70. The summed E-state index contributed by atoms with van der Waals surface area (Å²) in [5.74, 6) is -0.00999. The molecule has 2 aliphatic heterocycles. The monoisotopic (exact) mass is 584 g/mol. The first-order valence-electron chi connectivity index (χ1n) is 10.4. The quantitative estimate of drug-likeness (QED) is 0.0655. The highest BCUT2D eigenvalue weighted by Crippen LogP contribution is 2.46. The molecule has 2 atom stereocenters. The molecule has 0 aromatic carbocycles. The molecular formula is C19H20N8O6S4. The molecule has 1 saturated heterocycles. The van der Waals surface area contributed by atoms with Crippen molar-refractivity contribution in [1.82, 2.24) is 24.6 Å². The molecule has 0 radical (unpaired) electrons. The smallest absolute Gasteiger partial charge is 0.449 e. The van der Waals surface area contributed by atoms with Gasteiger partial charge in [-0.25, -0.2) is 4.79 Å². The standard InChI is InChI=1S/C19H20N8O6S4/c20-2-4-34-6-8-1-3-22-5-9(8)36-10-7-35-17-12(15(29)27(17)16(10)33-19(30)31)23-14(28)11(25-32)13-24-18(21)37-26-13/h1,3,5,12,17,32H,2,4,6-7,20H2,(H,23,28)(H,30,31)(H2,21,24,26)/b25-11-/t12-,17+/m1/s1. The van der Waals surface area contributed by atoms with Gasteiger partial charge in [-0.1, -0.05) is 16.9 Å². The van der Waals surface area contributed by atoms with Gasteiger partial charge in [0.05, 0.1) is 4.91 Å². The molecular weight excluding hydrogens is 565 g/mol. The zero-order valence-electron chi connectivity index (χ0n) is 18.8. The number of nitrogens with zero attached hydrogens (tertiary/aromatic N) is 5. The van der Waals surface area contributed by atoms with Crippen LogP contribution in [0.1, 0.15) is 11.4 Å². The van der Waals surface area contributed by atoms with E-state index in [1.54, 1.807) is 24.2 Å². The second-order valence-corrected chi connectivity index (χ2v) is 11.4. The maximum atomic E-state index is 13.0. The lowest BCUT2D eigenvalue weighted by molar-refractivity contribution is -0.148. The number of pyridine rings is 1. The predicted octanol–water partition coefficient (Wildman–Crippen LogP) is 0.941. The van der Waals surface area contributed by atoms with Crippen molar-refractivity contribution in [2.45, 2.75) is 22.1 Å². The van der Waals surface area contributed by atoms with Crippen LogP contribution in [0.25, 0.3) is 0 Å². The number of hydrogen-bond donors (Lipinski definition) is 5. The number of carbonyl (C=O) groups is 3. The third kappa shape index (κ3) is 5.93. The average Bonchev–Trinajstić information content (AvgIpc) is 3.30. The SMILES string of the molecule is NCCSCc1ccncc1SC1=C(OC(=O)O)N2C(=O)[C@@H](NC(=O)/C(=N\O)c3nsc(N)n3)[C@@H]2SC1. The van der Waals surface area contributed by atoms with E-state index in [2.05, 4.69) is 24.8 Å². The van der Waals surface area contributed by atoms with E-state index < -0.39 is 35.1 Å². The normalized spacial score (nSPS) is 19.3. The molecule has 0 saturated carbocycles. The Morgan fingerprint density at radius 3 is 2.89 bits per heavy atom. The van der Waals surface area contributed by atoms with Crippen LogP contribution in [-0.2, 0) is 20.1 Å². The summed E-state index contributed by atoms with van der Waals surface area (Å²) in [4.78, 5) is 47.6. The number of nitrogens with one attached hydrogen (secondary N) is 1. The number of nitrogens with two attached hydrogens (primary N) is 2. The zero-order chi connectivity index (χ0) is 26.5. The number of anilines is 1. The fourth-order valence-electron chi connectivity index (χ4n) is 3.35. The van der Waals surface area contributed by atoms with Crippen molar-refractivity contribution < 1.29 is 29.4 Å². The van der Waals surface area contributed by atoms with Gasteiger partial charge in [-0.2, -0.15) is 21.1 Å². The number of rotatable bonds is 10. The van der Waals surface area contributed by atoms with Gasteiger partial charge in [0.1, 0.15) is 11.4 Å². The van der Waals surface area contributed by atoms with Gasteiger partial charge >= 0.3 is 6.16 Å². The van der Waals surface area contributed by atoms with Gasteiger partial charge in [0, 0.05) is 52.6 Å². The average molecular weight is 585 g/mol. The maximum absolute atomic E-state index is 13.0. The molecule has 4 rings (SSSR count). The van der Waals surface area contributed by atoms with E-state index in [0.717, 1.165) is 27.7 Å². The molecule has 2 amide bonds. The van der Waals surface area contributed by atoms with Crippen LogP contribution in [0.3, 0.4) is 0 Å². The van der Waals surface area contributed by atoms with E-state index in [9.17, 15) is 24.7 Å². The summed E-state index contributed by atoms with van der Waals surface area (Å²) in [5.41, 5.74) is 11.6. The van der Waals surface area contributed by atoms with Crippen LogP contribution in [0.5, 0.6) is 0 Å². The summed E-state index contributed by atoms with van der Waals surface area (Å²) in [6.07, 6.45) is 1.76. The third-order valence-corrected chi connectivity index (χ3v) is 9.15. The van der Waals surface area contributed by atoms with E-state index in [1.807, 2.05) is 6.07 Å².